The third-order valence-corrected chi connectivity index (χ3v) is 3.75. The number of carbonyl (C=O) groups excluding carboxylic acids is 2. The number of para-hydroxylation sites is 1. The van der Waals surface area contributed by atoms with E-state index in [1.165, 1.54) is 0 Å². The van der Waals surface area contributed by atoms with Gasteiger partial charge in [-0.1, -0.05) is 18.2 Å². The number of aromatic amines is 1. The van der Waals surface area contributed by atoms with E-state index in [2.05, 4.69) is 4.98 Å². The van der Waals surface area contributed by atoms with Crippen molar-refractivity contribution < 1.29 is 14.3 Å². The van der Waals surface area contributed by atoms with Gasteiger partial charge in [0.2, 0.25) is 0 Å². The molecular formula is C18H24N2O3. The van der Waals surface area contributed by atoms with Crippen LogP contribution < -0.4 is 0 Å². The number of benzene rings is 1. The van der Waals surface area contributed by atoms with E-state index in [1.807, 2.05) is 52.0 Å². The highest BCUT2D eigenvalue weighted by molar-refractivity contribution is 5.96. The van der Waals surface area contributed by atoms with Crippen molar-refractivity contribution in [1.29, 1.82) is 0 Å². The second kappa shape index (κ2) is 6.86. The molecule has 0 aliphatic rings. The van der Waals surface area contributed by atoms with Crippen molar-refractivity contribution in [2.75, 3.05) is 0 Å². The van der Waals surface area contributed by atoms with Gasteiger partial charge in [-0.05, 0) is 46.8 Å². The first kappa shape index (κ1) is 17.1. The zero-order chi connectivity index (χ0) is 17.1. The van der Waals surface area contributed by atoms with Crippen LogP contribution in [0.5, 0.6) is 0 Å². The molecule has 1 aromatic heterocycles. The zero-order valence-corrected chi connectivity index (χ0v) is 14.3. The first-order valence-corrected chi connectivity index (χ1v) is 7.92. The van der Waals surface area contributed by atoms with Gasteiger partial charge < -0.3 is 14.6 Å². The number of hydrogen-bond donors (Lipinski definition) is 1. The first-order valence-electron chi connectivity index (χ1n) is 7.92. The minimum Gasteiger partial charge on any atom is -0.448 e. The molecule has 1 atom stereocenters. The third-order valence-electron chi connectivity index (χ3n) is 3.75. The van der Waals surface area contributed by atoms with Crippen molar-refractivity contribution in [3.8, 4) is 0 Å². The van der Waals surface area contributed by atoms with Gasteiger partial charge in [-0.25, -0.2) is 4.79 Å². The van der Waals surface area contributed by atoms with E-state index in [0.717, 1.165) is 10.9 Å². The van der Waals surface area contributed by atoms with Gasteiger partial charge in [0.25, 0.3) is 5.91 Å². The average molecular weight is 316 g/mol. The fourth-order valence-electron chi connectivity index (χ4n) is 2.77. The van der Waals surface area contributed by atoms with Crippen LogP contribution in [0.2, 0.25) is 0 Å². The lowest BCUT2D eigenvalue weighted by Gasteiger charge is -2.32. The van der Waals surface area contributed by atoms with Crippen molar-refractivity contribution in [3.63, 3.8) is 0 Å². The predicted molar refractivity (Wildman–Crippen MR) is 90.3 cm³/mol. The van der Waals surface area contributed by atoms with E-state index in [4.69, 9.17) is 4.74 Å². The standard InChI is InChI=1S/C18H24N2O3/c1-11(2)20(12(3)4)17(21)13(5)23-18(22)16-10-14-8-6-7-9-15(14)19-16/h6-13,19H,1-5H3. The highest BCUT2D eigenvalue weighted by atomic mass is 16.5. The van der Waals surface area contributed by atoms with Crippen LogP contribution in [-0.2, 0) is 9.53 Å². The Hall–Kier alpha value is -2.30. The summed E-state index contributed by atoms with van der Waals surface area (Å²) in [5, 5.41) is 0.935. The Bertz CT molecular complexity index is 662. The molecule has 5 nitrogen and oxygen atoms in total. The molecule has 2 aromatic rings. The van der Waals surface area contributed by atoms with Gasteiger partial charge in [0, 0.05) is 23.0 Å². The van der Waals surface area contributed by atoms with Crippen LogP contribution in [0, 0.1) is 0 Å². The minimum atomic E-state index is -0.821. The topological polar surface area (TPSA) is 62.4 Å². The molecule has 0 radical (unpaired) electrons. The molecule has 1 N–H and O–H groups in total. The van der Waals surface area contributed by atoms with Gasteiger partial charge in [-0.3, -0.25) is 4.79 Å². The number of ether oxygens (including phenoxy) is 1. The normalized spacial score (nSPS) is 12.7. The molecule has 0 fully saturated rings. The molecule has 1 aromatic carbocycles. The fraction of sp³-hybridized carbons (Fsp3) is 0.444. The second-order valence-electron chi connectivity index (χ2n) is 6.25. The van der Waals surface area contributed by atoms with Gasteiger partial charge in [0.05, 0.1) is 0 Å². The van der Waals surface area contributed by atoms with Gasteiger partial charge in [-0.15, -0.1) is 0 Å². The molecule has 0 bridgehead atoms. The summed E-state index contributed by atoms with van der Waals surface area (Å²) < 4.78 is 5.35. The fourth-order valence-corrected chi connectivity index (χ4v) is 2.77. The Labute approximate surface area is 136 Å². The maximum atomic E-state index is 12.5. The molecule has 1 amide bonds. The summed E-state index contributed by atoms with van der Waals surface area (Å²) >= 11 is 0. The molecule has 5 heteroatoms. The van der Waals surface area contributed by atoms with Gasteiger partial charge in [-0.2, -0.15) is 0 Å². The molecule has 0 spiro atoms. The van der Waals surface area contributed by atoms with E-state index < -0.39 is 12.1 Å². The van der Waals surface area contributed by atoms with Crippen molar-refractivity contribution in [2.45, 2.75) is 52.8 Å². The summed E-state index contributed by atoms with van der Waals surface area (Å²) in [4.78, 5) is 29.5. The number of esters is 1. The number of hydrogen-bond acceptors (Lipinski definition) is 3. The predicted octanol–water partition coefficient (Wildman–Crippen LogP) is 3.36. The number of aromatic nitrogens is 1. The molecule has 0 aliphatic carbocycles. The Balaban J connectivity index is 2.11. The lowest BCUT2D eigenvalue weighted by molar-refractivity contribution is -0.143. The highest BCUT2D eigenvalue weighted by Crippen LogP contribution is 2.16. The molecule has 0 saturated carbocycles. The Morgan fingerprint density at radius 3 is 2.22 bits per heavy atom. The van der Waals surface area contributed by atoms with Crippen molar-refractivity contribution in [3.05, 3.63) is 36.0 Å². The van der Waals surface area contributed by atoms with Crippen molar-refractivity contribution >= 4 is 22.8 Å². The smallest absolute Gasteiger partial charge is 0.355 e. The van der Waals surface area contributed by atoms with Crippen LogP contribution in [0.15, 0.2) is 30.3 Å². The van der Waals surface area contributed by atoms with Gasteiger partial charge in [0.1, 0.15) is 5.69 Å². The maximum Gasteiger partial charge on any atom is 0.355 e. The number of H-pyrrole nitrogens is 1. The maximum absolute atomic E-state index is 12.5. The summed E-state index contributed by atoms with van der Waals surface area (Å²) in [6, 6.07) is 9.44. The summed E-state index contributed by atoms with van der Waals surface area (Å²) in [7, 11) is 0. The Kier molecular flexibility index (Phi) is 5.08. The molecule has 124 valence electrons. The molecule has 23 heavy (non-hydrogen) atoms. The first-order chi connectivity index (χ1) is 10.8. The quantitative estimate of drug-likeness (QED) is 0.860. The van der Waals surface area contributed by atoms with Crippen molar-refractivity contribution in [1.82, 2.24) is 9.88 Å². The van der Waals surface area contributed by atoms with Crippen LogP contribution in [0.3, 0.4) is 0 Å². The van der Waals surface area contributed by atoms with Gasteiger partial charge in [0.15, 0.2) is 6.10 Å². The van der Waals surface area contributed by atoms with Crippen LogP contribution in [0.4, 0.5) is 0 Å². The highest BCUT2D eigenvalue weighted by Gasteiger charge is 2.28. The molecular weight excluding hydrogens is 292 g/mol. The summed E-state index contributed by atoms with van der Waals surface area (Å²) in [5.41, 5.74) is 1.22. The van der Waals surface area contributed by atoms with Crippen LogP contribution in [0.1, 0.15) is 45.1 Å². The average Bonchev–Trinajstić information content (AvgIpc) is 2.90. The summed E-state index contributed by atoms with van der Waals surface area (Å²) in [5.74, 6) is -0.700. The number of nitrogens with one attached hydrogen (secondary N) is 1. The van der Waals surface area contributed by atoms with Gasteiger partial charge >= 0.3 is 5.97 Å². The van der Waals surface area contributed by atoms with Crippen LogP contribution in [-0.4, -0.2) is 39.9 Å². The van der Waals surface area contributed by atoms with Crippen LogP contribution >= 0.6 is 0 Å². The molecule has 2 rings (SSSR count). The number of carbonyl (C=O) groups is 2. The van der Waals surface area contributed by atoms with Crippen molar-refractivity contribution in [2.24, 2.45) is 0 Å². The summed E-state index contributed by atoms with van der Waals surface area (Å²) in [6.07, 6.45) is -0.821. The minimum absolute atomic E-state index is 0.0525. The second-order valence-corrected chi connectivity index (χ2v) is 6.25. The molecule has 1 heterocycles. The summed E-state index contributed by atoms with van der Waals surface area (Å²) in [6.45, 7) is 9.41. The van der Waals surface area contributed by atoms with Crippen LogP contribution in [0.25, 0.3) is 10.9 Å². The number of rotatable bonds is 5. The largest absolute Gasteiger partial charge is 0.448 e. The van der Waals surface area contributed by atoms with E-state index in [-0.39, 0.29) is 18.0 Å². The monoisotopic (exact) mass is 316 g/mol. The number of nitrogens with zero attached hydrogens (tertiary/aromatic N) is 1. The number of amides is 1. The Morgan fingerprint density at radius 1 is 1.04 bits per heavy atom. The molecule has 0 aliphatic heterocycles. The van der Waals surface area contributed by atoms with E-state index in [0.29, 0.717) is 5.69 Å². The van der Waals surface area contributed by atoms with E-state index in [9.17, 15) is 9.59 Å². The third kappa shape index (κ3) is 3.73. The SMILES string of the molecule is CC(OC(=O)c1cc2ccccc2[nH]1)C(=O)N(C(C)C)C(C)C. The molecule has 1 unspecified atom stereocenters. The zero-order valence-electron chi connectivity index (χ0n) is 14.3. The molecule has 0 saturated heterocycles. The Morgan fingerprint density at radius 2 is 1.65 bits per heavy atom. The lowest BCUT2D eigenvalue weighted by atomic mass is 10.2. The number of fused-ring (bicyclic) bond motifs is 1. The lowest BCUT2D eigenvalue weighted by Crippen LogP contribution is -2.47. The van der Waals surface area contributed by atoms with E-state index in [1.54, 1.807) is 17.9 Å². The van der Waals surface area contributed by atoms with E-state index >= 15 is 0 Å².